The number of hydrogen-bond donors (Lipinski definition) is 0. The van der Waals surface area contributed by atoms with E-state index in [2.05, 4.69) is 0 Å². The molecule has 0 unspecified atom stereocenters. The molecule has 1 radical (unpaired) electrons. The lowest BCUT2D eigenvalue weighted by molar-refractivity contribution is 1.41. The average Bonchev–Trinajstić information content (AvgIpc) is 2.07. The molecule has 0 nitrogen and oxygen atoms in total. The monoisotopic (exact) mass is 251 g/mol. The largest absolute Gasteiger partial charge is 0.196 e. The minimum Gasteiger partial charge on any atom is -0.163 e. The lowest BCUT2D eigenvalue weighted by Crippen LogP contribution is -2.24. The third-order valence-corrected chi connectivity index (χ3v) is 4.89. The van der Waals surface area contributed by atoms with E-state index in [1.807, 2.05) is 26.5 Å². The first kappa shape index (κ1) is 11.4. The lowest BCUT2D eigenvalue weighted by atomic mass is 10.1. The number of hydrogen-bond acceptors (Lipinski definition) is 0. The van der Waals surface area contributed by atoms with Gasteiger partial charge in [0, 0.05) is 10.0 Å². The van der Waals surface area contributed by atoms with Gasteiger partial charge in [-0.3, -0.25) is 0 Å². The minimum atomic E-state index is -1.000. The van der Waals surface area contributed by atoms with Crippen LogP contribution in [0.2, 0.25) is 16.6 Å². The van der Waals surface area contributed by atoms with Crippen molar-refractivity contribution in [2.75, 3.05) is 0 Å². The quantitative estimate of drug-likeness (QED) is 0.528. The van der Waals surface area contributed by atoms with Crippen LogP contribution in [0.1, 0.15) is 11.1 Å². The Balaban J connectivity index is 3.41. The van der Waals surface area contributed by atoms with Gasteiger partial charge in [-0.1, -0.05) is 29.7 Å². The zero-order chi connectivity index (χ0) is 10.2. The summed E-state index contributed by atoms with van der Waals surface area (Å²) < 4.78 is 0. The Morgan fingerprint density at radius 1 is 1.15 bits per heavy atom. The Morgan fingerprint density at radius 3 is 2.15 bits per heavy atom. The van der Waals surface area contributed by atoms with Gasteiger partial charge in [-0.2, -0.15) is 11.1 Å². The SMILES string of the molecule is Cc1c(Cl)cc([Si](C)Cl)c(C)c1Cl. The van der Waals surface area contributed by atoms with Crippen LogP contribution in [0.25, 0.3) is 0 Å². The maximum Gasteiger partial charge on any atom is 0.196 e. The Morgan fingerprint density at radius 2 is 1.69 bits per heavy atom. The van der Waals surface area contributed by atoms with Gasteiger partial charge in [0.25, 0.3) is 0 Å². The summed E-state index contributed by atoms with van der Waals surface area (Å²) >= 11 is 18.2. The van der Waals surface area contributed by atoms with Crippen molar-refractivity contribution >= 4 is 47.6 Å². The van der Waals surface area contributed by atoms with Crippen LogP contribution in [0, 0.1) is 13.8 Å². The van der Waals surface area contributed by atoms with Gasteiger partial charge in [0.05, 0.1) is 0 Å². The molecule has 0 heterocycles. The van der Waals surface area contributed by atoms with Gasteiger partial charge in [0.15, 0.2) is 8.11 Å². The molecular weight excluding hydrogens is 243 g/mol. The predicted octanol–water partition coefficient (Wildman–Crippen LogP) is 3.68. The van der Waals surface area contributed by atoms with E-state index in [1.54, 1.807) is 0 Å². The molecule has 1 aromatic carbocycles. The topological polar surface area (TPSA) is 0 Å². The first-order valence-corrected chi connectivity index (χ1v) is 7.66. The van der Waals surface area contributed by atoms with Crippen LogP contribution in [0.15, 0.2) is 6.07 Å². The molecule has 1 aromatic rings. The van der Waals surface area contributed by atoms with Crippen molar-refractivity contribution in [3.63, 3.8) is 0 Å². The second kappa shape index (κ2) is 4.22. The molecule has 0 aliphatic carbocycles. The Labute approximate surface area is 95.1 Å². The van der Waals surface area contributed by atoms with Gasteiger partial charge in [0.2, 0.25) is 0 Å². The molecule has 0 fully saturated rings. The highest BCUT2D eigenvalue weighted by Gasteiger charge is 2.14. The first-order valence-electron chi connectivity index (χ1n) is 3.89. The van der Waals surface area contributed by atoms with Gasteiger partial charge in [-0.15, -0.1) is 0 Å². The summed E-state index contributed by atoms with van der Waals surface area (Å²) in [6.45, 7) is 5.91. The maximum atomic E-state index is 6.11. The molecule has 71 valence electrons. The molecule has 13 heavy (non-hydrogen) atoms. The van der Waals surface area contributed by atoms with E-state index in [4.69, 9.17) is 34.3 Å². The normalized spacial score (nSPS) is 11.0. The van der Waals surface area contributed by atoms with Crippen molar-refractivity contribution in [2.24, 2.45) is 0 Å². The second-order valence-corrected chi connectivity index (χ2v) is 7.10. The number of benzene rings is 1. The van der Waals surface area contributed by atoms with Crippen LogP contribution in [0.5, 0.6) is 0 Å². The second-order valence-electron chi connectivity index (χ2n) is 3.00. The summed E-state index contributed by atoms with van der Waals surface area (Å²) in [6, 6.07) is 1.93. The van der Waals surface area contributed by atoms with Gasteiger partial charge < -0.3 is 0 Å². The highest BCUT2D eigenvalue weighted by molar-refractivity contribution is 7.13. The van der Waals surface area contributed by atoms with Gasteiger partial charge in [-0.25, -0.2) is 0 Å². The summed E-state index contributed by atoms with van der Waals surface area (Å²) in [4.78, 5) is 0. The summed E-state index contributed by atoms with van der Waals surface area (Å²) in [5, 5.41) is 2.55. The molecular formula is C9H10Cl3Si. The molecule has 0 saturated carbocycles. The third-order valence-electron chi connectivity index (χ3n) is 2.06. The minimum absolute atomic E-state index is 0.704. The molecule has 0 atom stereocenters. The van der Waals surface area contributed by atoms with Crippen molar-refractivity contribution in [1.29, 1.82) is 0 Å². The van der Waals surface area contributed by atoms with Crippen molar-refractivity contribution in [2.45, 2.75) is 20.4 Å². The van der Waals surface area contributed by atoms with Gasteiger partial charge >= 0.3 is 0 Å². The predicted molar refractivity (Wildman–Crippen MR) is 63.0 cm³/mol. The molecule has 0 aliphatic heterocycles. The first-order chi connectivity index (χ1) is 5.95. The maximum absolute atomic E-state index is 6.11. The van der Waals surface area contributed by atoms with Crippen molar-refractivity contribution in [3.8, 4) is 0 Å². The highest BCUT2D eigenvalue weighted by Crippen LogP contribution is 2.26. The van der Waals surface area contributed by atoms with Gasteiger partial charge in [0.1, 0.15) is 0 Å². The molecule has 0 amide bonds. The number of rotatable bonds is 1. The Hall–Kier alpha value is 0.307. The molecule has 0 bridgehead atoms. The van der Waals surface area contributed by atoms with E-state index < -0.39 is 8.11 Å². The smallest absolute Gasteiger partial charge is 0.163 e. The molecule has 0 N–H and O–H groups in total. The fourth-order valence-electron chi connectivity index (χ4n) is 1.21. The molecule has 4 heteroatoms. The fraction of sp³-hybridized carbons (Fsp3) is 0.333. The standard InChI is InChI=1S/C9H10Cl3Si/c1-5-7(10)4-8(13(3)12)6(2)9(5)11/h4H,1-3H3. The zero-order valence-electron chi connectivity index (χ0n) is 7.71. The van der Waals surface area contributed by atoms with E-state index >= 15 is 0 Å². The summed E-state index contributed by atoms with van der Waals surface area (Å²) in [6.07, 6.45) is 0. The van der Waals surface area contributed by atoms with E-state index in [-0.39, 0.29) is 0 Å². The van der Waals surface area contributed by atoms with Crippen LogP contribution in [-0.4, -0.2) is 8.11 Å². The summed E-state index contributed by atoms with van der Waals surface area (Å²) in [5.41, 5.74) is 2.00. The van der Waals surface area contributed by atoms with E-state index in [0.29, 0.717) is 5.02 Å². The highest BCUT2D eigenvalue weighted by atomic mass is 35.6. The summed E-state index contributed by atoms with van der Waals surface area (Å²) in [5.74, 6) is 0. The third kappa shape index (κ3) is 2.21. The van der Waals surface area contributed by atoms with Crippen molar-refractivity contribution in [3.05, 3.63) is 27.2 Å². The molecule has 1 rings (SSSR count). The van der Waals surface area contributed by atoms with E-state index in [1.165, 1.54) is 0 Å². The van der Waals surface area contributed by atoms with Gasteiger partial charge in [-0.05, 0) is 36.2 Å². The van der Waals surface area contributed by atoms with E-state index in [0.717, 1.165) is 21.3 Å². The van der Waals surface area contributed by atoms with Crippen molar-refractivity contribution < 1.29 is 0 Å². The van der Waals surface area contributed by atoms with Crippen LogP contribution in [-0.2, 0) is 0 Å². The zero-order valence-corrected chi connectivity index (χ0v) is 11.0. The number of halogens is 3. The Bertz CT molecular complexity index is 334. The van der Waals surface area contributed by atoms with Crippen LogP contribution < -0.4 is 5.19 Å². The van der Waals surface area contributed by atoms with Crippen molar-refractivity contribution in [1.82, 2.24) is 0 Å². The fourth-order valence-corrected chi connectivity index (χ4v) is 3.41. The molecule has 0 saturated heterocycles. The Kier molecular flexibility index (Phi) is 3.70. The van der Waals surface area contributed by atoms with E-state index in [9.17, 15) is 0 Å². The average molecular weight is 253 g/mol. The van der Waals surface area contributed by atoms with Crippen LogP contribution >= 0.6 is 34.3 Å². The van der Waals surface area contributed by atoms with Crippen LogP contribution in [0.4, 0.5) is 0 Å². The molecule has 0 aromatic heterocycles. The summed E-state index contributed by atoms with van der Waals surface area (Å²) in [7, 11) is -1.000. The lowest BCUT2D eigenvalue weighted by Gasteiger charge is -2.11. The molecule has 0 aliphatic rings. The molecule has 0 spiro atoms. The van der Waals surface area contributed by atoms with Crippen LogP contribution in [0.3, 0.4) is 0 Å².